The first-order chi connectivity index (χ1) is 3.83. The Balaban J connectivity index is 2.17. The zero-order chi connectivity index (χ0) is 5.61. The second-order valence-electron chi connectivity index (χ2n) is 2.77. The van der Waals surface area contributed by atoms with E-state index in [1.54, 1.807) is 0 Å². The van der Waals surface area contributed by atoms with E-state index < -0.39 is 0 Å². The molecule has 1 heterocycles. The lowest BCUT2D eigenvalue weighted by Crippen LogP contribution is -2.06. The summed E-state index contributed by atoms with van der Waals surface area (Å²) in [6.07, 6.45) is 5.56. The van der Waals surface area contributed by atoms with Crippen LogP contribution in [0.3, 0.4) is 0 Å². The largest absolute Gasteiger partial charge is 0.367 e. The summed E-state index contributed by atoms with van der Waals surface area (Å²) in [4.78, 5) is 0. The smallest absolute Gasteiger partial charge is 0.0897 e. The van der Waals surface area contributed by atoms with E-state index >= 15 is 0 Å². The quantitative estimate of drug-likeness (QED) is 0.428. The van der Waals surface area contributed by atoms with Crippen LogP contribution in [0.1, 0.15) is 13.3 Å². The van der Waals surface area contributed by atoms with E-state index in [-0.39, 0.29) is 5.60 Å². The Morgan fingerprint density at radius 1 is 1.75 bits per heavy atom. The zero-order valence-corrected chi connectivity index (χ0v) is 5.05. The summed E-state index contributed by atoms with van der Waals surface area (Å²) < 4.78 is 5.45. The van der Waals surface area contributed by atoms with Crippen LogP contribution in [0.2, 0.25) is 0 Å². The first-order valence-corrected chi connectivity index (χ1v) is 3.15. The summed E-state index contributed by atoms with van der Waals surface area (Å²) in [6.45, 7) is 3.07. The fourth-order valence-corrected chi connectivity index (χ4v) is 1.35. The molecule has 0 amide bonds. The number of rotatable bonds is 0. The molecule has 0 aromatic rings. The Labute approximate surface area is 49.3 Å². The molecule has 1 saturated carbocycles. The minimum Gasteiger partial charge on any atom is -0.367 e. The van der Waals surface area contributed by atoms with Crippen molar-refractivity contribution >= 4 is 0 Å². The minimum absolute atomic E-state index is 0.222. The van der Waals surface area contributed by atoms with Gasteiger partial charge in [-0.25, -0.2) is 0 Å². The standard InChI is InChI=1S/C7H10O/c1-6-5-7(6)3-2-4-8-7/h2-3,6H,4-5H2,1H3. The summed E-state index contributed by atoms with van der Waals surface area (Å²) in [6, 6.07) is 0. The Morgan fingerprint density at radius 3 is 2.75 bits per heavy atom. The summed E-state index contributed by atoms with van der Waals surface area (Å²) >= 11 is 0. The van der Waals surface area contributed by atoms with Crippen molar-refractivity contribution in [3.63, 3.8) is 0 Å². The molecule has 2 unspecified atom stereocenters. The predicted octanol–water partition coefficient (Wildman–Crippen LogP) is 1.35. The SMILES string of the molecule is CC1CC12C=CCO2. The molecule has 2 rings (SSSR count). The van der Waals surface area contributed by atoms with Gasteiger partial charge in [-0.3, -0.25) is 0 Å². The van der Waals surface area contributed by atoms with Crippen LogP contribution in [0.25, 0.3) is 0 Å². The molecule has 2 atom stereocenters. The Morgan fingerprint density at radius 2 is 2.50 bits per heavy atom. The van der Waals surface area contributed by atoms with E-state index in [1.165, 1.54) is 6.42 Å². The monoisotopic (exact) mass is 110 g/mol. The van der Waals surface area contributed by atoms with Crippen molar-refractivity contribution in [3.05, 3.63) is 12.2 Å². The average molecular weight is 110 g/mol. The first-order valence-electron chi connectivity index (χ1n) is 3.15. The fourth-order valence-electron chi connectivity index (χ4n) is 1.35. The Kier molecular flexibility index (Phi) is 0.662. The molecule has 0 aromatic heterocycles. The van der Waals surface area contributed by atoms with E-state index in [0.717, 1.165) is 12.5 Å². The Bertz CT molecular complexity index is 139. The van der Waals surface area contributed by atoms with E-state index in [1.807, 2.05) is 0 Å². The third-order valence-electron chi connectivity index (χ3n) is 2.15. The lowest BCUT2D eigenvalue weighted by Gasteiger charge is -2.02. The molecule has 1 fully saturated rings. The maximum atomic E-state index is 5.45. The van der Waals surface area contributed by atoms with E-state index in [2.05, 4.69) is 19.1 Å². The van der Waals surface area contributed by atoms with Gasteiger partial charge in [-0.1, -0.05) is 19.1 Å². The zero-order valence-electron chi connectivity index (χ0n) is 5.05. The number of ether oxygens (including phenoxy) is 1. The van der Waals surface area contributed by atoms with Crippen LogP contribution in [0.4, 0.5) is 0 Å². The maximum absolute atomic E-state index is 5.45. The van der Waals surface area contributed by atoms with Gasteiger partial charge < -0.3 is 4.74 Å². The van der Waals surface area contributed by atoms with Crippen molar-refractivity contribution < 1.29 is 4.74 Å². The molecule has 0 saturated heterocycles. The molecule has 44 valence electrons. The highest BCUT2D eigenvalue weighted by molar-refractivity contribution is 5.20. The van der Waals surface area contributed by atoms with Gasteiger partial charge in [0.15, 0.2) is 0 Å². The minimum atomic E-state index is 0.222. The number of hydrogen-bond donors (Lipinski definition) is 0. The molecular weight excluding hydrogens is 100 g/mol. The fraction of sp³-hybridized carbons (Fsp3) is 0.714. The van der Waals surface area contributed by atoms with Crippen molar-refractivity contribution in [2.24, 2.45) is 5.92 Å². The van der Waals surface area contributed by atoms with Crippen molar-refractivity contribution in [1.29, 1.82) is 0 Å². The summed E-state index contributed by atoms with van der Waals surface area (Å²) in [5.41, 5.74) is 0.222. The van der Waals surface area contributed by atoms with Crippen LogP contribution in [0, 0.1) is 5.92 Å². The molecule has 1 spiro atoms. The van der Waals surface area contributed by atoms with Gasteiger partial charge in [-0.05, 0) is 12.3 Å². The predicted molar refractivity (Wildman–Crippen MR) is 31.6 cm³/mol. The van der Waals surface area contributed by atoms with E-state index in [4.69, 9.17) is 4.74 Å². The van der Waals surface area contributed by atoms with Gasteiger partial charge in [0, 0.05) is 0 Å². The van der Waals surface area contributed by atoms with Crippen LogP contribution >= 0.6 is 0 Å². The lowest BCUT2D eigenvalue weighted by molar-refractivity contribution is 0.0979. The molecule has 0 aromatic carbocycles. The first kappa shape index (κ1) is 4.57. The van der Waals surface area contributed by atoms with E-state index in [0.29, 0.717) is 0 Å². The Hall–Kier alpha value is -0.300. The summed E-state index contributed by atoms with van der Waals surface area (Å²) in [5, 5.41) is 0. The molecule has 1 heteroatoms. The van der Waals surface area contributed by atoms with Crippen LogP contribution in [-0.2, 0) is 4.74 Å². The molecule has 1 aliphatic heterocycles. The molecule has 1 nitrogen and oxygen atoms in total. The van der Waals surface area contributed by atoms with Crippen LogP contribution in [0.5, 0.6) is 0 Å². The van der Waals surface area contributed by atoms with Crippen molar-refractivity contribution in [1.82, 2.24) is 0 Å². The molecular formula is C7H10O. The van der Waals surface area contributed by atoms with Crippen LogP contribution in [-0.4, -0.2) is 12.2 Å². The second kappa shape index (κ2) is 1.16. The molecule has 1 aliphatic carbocycles. The van der Waals surface area contributed by atoms with Crippen molar-refractivity contribution in [3.8, 4) is 0 Å². The third-order valence-corrected chi connectivity index (χ3v) is 2.15. The summed E-state index contributed by atoms with van der Waals surface area (Å²) in [7, 11) is 0. The van der Waals surface area contributed by atoms with Crippen LogP contribution < -0.4 is 0 Å². The summed E-state index contributed by atoms with van der Waals surface area (Å²) in [5.74, 6) is 0.779. The molecule has 2 aliphatic rings. The average Bonchev–Trinajstić information content (AvgIpc) is 2.29. The molecule has 0 bridgehead atoms. The van der Waals surface area contributed by atoms with Gasteiger partial charge >= 0.3 is 0 Å². The van der Waals surface area contributed by atoms with Gasteiger partial charge in [-0.2, -0.15) is 0 Å². The highest BCUT2D eigenvalue weighted by Crippen LogP contribution is 2.49. The van der Waals surface area contributed by atoms with Gasteiger partial charge in [0.25, 0.3) is 0 Å². The van der Waals surface area contributed by atoms with Crippen molar-refractivity contribution in [2.45, 2.75) is 18.9 Å². The molecule has 8 heavy (non-hydrogen) atoms. The third kappa shape index (κ3) is 0.402. The molecule has 0 radical (unpaired) electrons. The number of hydrogen-bond acceptors (Lipinski definition) is 1. The molecule has 0 N–H and O–H groups in total. The van der Waals surface area contributed by atoms with Gasteiger partial charge in [0.2, 0.25) is 0 Å². The van der Waals surface area contributed by atoms with Gasteiger partial charge in [-0.15, -0.1) is 0 Å². The highest BCUT2D eigenvalue weighted by Gasteiger charge is 2.51. The van der Waals surface area contributed by atoms with Gasteiger partial charge in [0.05, 0.1) is 12.2 Å². The normalized spacial score (nSPS) is 50.9. The lowest BCUT2D eigenvalue weighted by atomic mass is 10.3. The maximum Gasteiger partial charge on any atom is 0.0897 e. The van der Waals surface area contributed by atoms with Gasteiger partial charge in [0.1, 0.15) is 0 Å². The highest BCUT2D eigenvalue weighted by atomic mass is 16.5. The topological polar surface area (TPSA) is 9.23 Å². The van der Waals surface area contributed by atoms with Crippen LogP contribution in [0.15, 0.2) is 12.2 Å². The second-order valence-corrected chi connectivity index (χ2v) is 2.77. The van der Waals surface area contributed by atoms with E-state index in [9.17, 15) is 0 Å². The van der Waals surface area contributed by atoms with Crippen molar-refractivity contribution in [2.75, 3.05) is 6.61 Å².